The maximum Gasteiger partial charge on any atom is 0.251 e. The third kappa shape index (κ3) is 7.84. The molecule has 196 valence electrons. The number of nitrogens with one attached hydrogen (secondary N) is 1. The number of benzene rings is 3. The van der Waals surface area contributed by atoms with Crippen molar-refractivity contribution in [3.8, 4) is 11.5 Å². The van der Waals surface area contributed by atoms with Crippen LogP contribution in [0.1, 0.15) is 55.1 Å². The Balaban J connectivity index is 1.70. The van der Waals surface area contributed by atoms with Gasteiger partial charge in [-0.15, -0.1) is 0 Å². The topological polar surface area (TPSA) is 78.9 Å². The number of nitrogens with zero attached hydrogens (tertiary/aromatic N) is 1. The van der Waals surface area contributed by atoms with Gasteiger partial charge < -0.3 is 20.1 Å². The summed E-state index contributed by atoms with van der Waals surface area (Å²) in [7, 11) is 0. The highest BCUT2D eigenvalue weighted by Gasteiger charge is 2.30. The van der Waals surface area contributed by atoms with E-state index in [0.29, 0.717) is 43.0 Å². The van der Waals surface area contributed by atoms with Crippen LogP contribution in [0.15, 0.2) is 78.9 Å². The summed E-state index contributed by atoms with van der Waals surface area (Å²) in [5, 5.41) is 13.8. The van der Waals surface area contributed by atoms with Gasteiger partial charge in [0.2, 0.25) is 5.91 Å². The quantitative estimate of drug-likeness (QED) is 0.319. The number of rotatable bonds is 13. The van der Waals surface area contributed by atoms with Gasteiger partial charge in [-0.25, -0.2) is 0 Å². The van der Waals surface area contributed by atoms with E-state index in [-0.39, 0.29) is 23.5 Å². The van der Waals surface area contributed by atoms with Crippen LogP contribution in [-0.2, 0) is 17.8 Å². The first-order valence-electron chi connectivity index (χ1n) is 13.1. The van der Waals surface area contributed by atoms with E-state index in [1.807, 2.05) is 81.4 Å². The Bertz CT molecular complexity index is 1130. The fourth-order valence-electron chi connectivity index (χ4n) is 4.17. The SMILES string of the molecule is CCCN(CCc1cccc(OCc2ccccc2)c1O)C(=O)[C@@H](NC(=O)c1ccccc1)C(C)CC. The van der Waals surface area contributed by atoms with E-state index in [9.17, 15) is 14.7 Å². The van der Waals surface area contributed by atoms with Crippen LogP contribution in [0.2, 0.25) is 0 Å². The van der Waals surface area contributed by atoms with E-state index in [1.165, 1.54) is 0 Å². The van der Waals surface area contributed by atoms with Crippen molar-refractivity contribution in [1.29, 1.82) is 0 Å². The zero-order valence-electron chi connectivity index (χ0n) is 22.0. The van der Waals surface area contributed by atoms with E-state index >= 15 is 0 Å². The van der Waals surface area contributed by atoms with E-state index in [4.69, 9.17) is 4.74 Å². The molecule has 0 aliphatic rings. The molecule has 0 aromatic heterocycles. The number of hydrogen-bond acceptors (Lipinski definition) is 4. The smallest absolute Gasteiger partial charge is 0.251 e. The molecule has 1 unspecified atom stereocenters. The predicted octanol–water partition coefficient (Wildman–Crippen LogP) is 5.60. The molecule has 0 heterocycles. The van der Waals surface area contributed by atoms with Gasteiger partial charge in [0.25, 0.3) is 5.91 Å². The van der Waals surface area contributed by atoms with E-state index in [2.05, 4.69) is 5.32 Å². The van der Waals surface area contributed by atoms with Crippen LogP contribution in [0.3, 0.4) is 0 Å². The molecule has 0 fully saturated rings. The molecule has 2 N–H and O–H groups in total. The van der Waals surface area contributed by atoms with Crippen molar-refractivity contribution in [3.63, 3.8) is 0 Å². The lowest BCUT2D eigenvalue weighted by Gasteiger charge is -2.31. The van der Waals surface area contributed by atoms with Crippen molar-refractivity contribution in [2.45, 2.75) is 52.7 Å². The third-order valence-corrected chi connectivity index (χ3v) is 6.58. The van der Waals surface area contributed by atoms with Gasteiger partial charge in [0, 0.05) is 18.7 Å². The Morgan fingerprint density at radius 3 is 2.24 bits per heavy atom. The first-order chi connectivity index (χ1) is 17.9. The zero-order valence-corrected chi connectivity index (χ0v) is 22.0. The summed E-state index contributed by atoms with van der Waals surface area (Å²) in [5.74, 6) is 0.135. The van der Waals surface area contributed by atoms with Crippen molar-refractivity contribution < 1.29 is 19.4 Å². The second-order valence-electron chi connectivity index (χ2n) is 9.32. The predicted molar refractivity (Wildman–Crippen MR) is 147 cm³/mol. The van der Waals surface area contributed by atoms with Gasteiger partial charge in [0.05, 0.1) is 0 Å². The van der Waals surface area contributed by atoms with Gasteiger partial charge in [0.1, 0.15) is 12.6 Å². The van der Waals surface area contributed by atoms with Gasteiger partial charge in [-0.3, -0.25) is 9.59 Å². The minimum atomic E-state index is -0.626. The highest BCUT2D eigenvalue weighted by molar-refractivity contribution is 5.97. The fourth-order valence-corrected chi connectivity index (χ4v) is 4.17. The highest BCUT2D eigenvalue weighted by atomic mass is 16.5. The van der Waals surface area contributed by atoms with Crippen LogP contribution in [0.25, 0.3) is 0 Å². The monoisotopic (exact) mass is 502 g/mol. The molecule has 2 amide bonds. The van der Waals surface area contributed by atoms with Crippen LogP contribution < -0.4 is 10.1 Å². The minimum Gasteiger partial charge on any atom is -0.504 e. The van der Waals surface area contributed by atoms with Crippen LogP contribution in [-0.4, -0.2) is 41.0 Å². The van der Waals surface area contributed by atoms with Crippen LogP contribution in [0.4, 0.5) is 0 Å². The van der Waals surface area contributed by atoms with Crippen molar-refractivity contribution in [2.24, 2.45) is 5.92 Å². The Morgan fingerprint density at radius 2 is 1.59 bits per heavy atom. The summed E-state index contributed by atoms with van der Waals surface area (Å²) >= 11 is 0. The molecule has 6 heteroatoms. The Kier molecular flexibility index (Phi) is 10.6. The fraction of sp³-hybridized carbons (Fsp3) is 0.355. The molecule has 3 aromatic rings. The summed E-state index contributed by atoms with van der Waals surface area (Å²) in [6.07, 6.45) is 2.02. The van der Waals surface area contributed by atoms with Gasteiger partial charge in [-0.1, -0.05) is 87.9 Å². The molecule has 3 rings (SSSR count). The molecular weight excluding hydrogens is 464 g/mol. The molecule has 0 saturated carbocycles. The van der Waals surface area contributed by atoms with Crippen LogP contribution in [0, 0.1) is 5.92 Å². The lowest BCUT2D eigenvalue weighted by Crippen LogP contribution is -2.52. The summed E-state index contributed by atoms with van der Waals surface area (Å²) in [6, 6.07) is 23.6. The number of aromatic hydroxyl groups is 1. The molecule has 0 radical (unpaired) electrons. The summed E-state index contributed by atoms with van der Waals surface area (Å²) in [5.41, 5.74) is 2.26. The molecule has 2 atom stereocenters. The zero-order chi connectivity index (χ0) is 26.6. The average molecular weight is 503 g/mol. The van der Waals surface area contributed by atoms with Gasteiger partial charge >= 0.3 is 0 Å². The molecule has 3 aromatic carbocycles. The second kappa shape index (κ2) is 14.1. The lowest BCUT2D eigenvalue weighted by atomic mass is 9.96. The Hall–Kier alpha value is -3.80. The molecule has 6 nitrogen and oxygen atoms in total. The Labute approximate surface area is 220 Å². The van der Waals surface area contributed by atoms with Crippen molar-refractivity contribution in [2.75, 3.05) is 13.1 Å². The lowest BCUT2D eigenvalue weighted by molar-refractivity contribution is -0.134. The van der Waals surface area contributed by atoms with E-state index < -0.39 is 6.04 Å². The average Bonchev–Trinajstić information content (AvgIpc) is 2.94. The van der Waals surface area contributed by atoms with E-state index in [1.54, 1.807) is 23.1 Å². The summed E-state index contributed by atoms with van der Waals surface area (Å²) in [4.78, 5) is 28.3. The number of carbonyl (C=O) groups excluding carboxylic acids is 2. The number of para-hydroxylation sites is 1. The summed E-state index contributed by atoms with van der Waals surface area (Å²) in [6.45, 7) is 7.38. The van der Waals surface area contributed by atoms with Gasteiger partial charge in [-0.2, -0.15) is 0 Å². The molecule has 0 aliphatic heterocycles. The molecule has 0 aliphatic carbocycles. The number of ether oxygens (including phenoxy) is 1. The van der Waals surface area contributed by atoms with Crippen LogP contribution in [0.5, 0.6) is 11.5 Å². The standard InChI is InChI=1S/C31H38N2O4/c1-4-20-33(31(36)28(23(3)5-2)32-30(35)26-15-10-7-11-16-26)21-19-25-17-12-18-27(29(25)34)37-22-24-13-8-6-9-14-24/h6-18,23,28,34H,4-5,19-22H2,1-3H3,(H,32,35)/t23?,28-/m0/s1. The highest BCUT2D eigenvalue weighted by Crippen LogP contribution is 2.31. The number of amides is 2. The molecule has 0 bridgehead atoms. The minimum absolute atomic E-state index is 0.0253. The Morgan fingerprint density at radius 1 is 0.919 bits per heavy atom. The first kappa shape index (κ1) is 27.8. The third-order valence-electron chi connectivity index (χ3n) is 6.58. The number of phenols is 1. The maximum atomic E-state index is 13.7. The van der Waals surface area contributed by atoms with Crippen molar-refractivity contribution >= 4 is 11.8 Å². The number of hydrogen-bond donors (Lipinski definition) is 2. The molecule has 37 heavy (non-hydrogen) atoms. The first-order valence-corrected chi connectivity index (χ1v) is 13.1. The maximum absolute atomic E-state index is 13.7. The van der Waals surface area contributed by atoms with E-state index in [0.717, 1.165) is 18.4 Å². The molecule has 0 spiro atoms. The van der Waals surface area contributed by atoms with Crippen molar-refractivity contribution in [1.82, 2.24) is 10.2 Å². The molecule has 0 saturated heterocycles. The second-order valence-corrected chi connectivity index (χ2v) is 9.32. The van der Waals surface area contributed by atoms with Crippen molar-refractivity contribution in [3.05, 3.63) is 95.6 Å². The largest absolute Gasteiger partial charge is 0.504 e. The number of phenolic OH excluding ortho intramolecular Hbond substituents is 1. The van der Waals surface area contributed by atoms with Crippen LogP contribution >= 0.6 is 0 Å². The normalized spacial score (nSPS) is 12.4. The van der Waals surface area contributed by atoms with Gasteiger partial charge in [0.15, 0.2) is 11.5 Å². The van der Waals surface area contributed by atoms with Gasteiger partial charge in [-0.05, 0) is 48.1 Å². The summed E-state index contributed by atoms with van der Waals surface area (Å²) < 4.78 is 5.86. The molecular formula is C31H38N2O4. The number of carbonyl (C=O) groups is 2.